The zero-order chi connectivity index (χ0) is 13.3. The number of aromatic amines is 1. The smallest absolute Gasteiger partial charge is 0.275 e. The summed E-state index contributed by atoms with van der Waals surface area (Å²) >= 11 is 4.82. The maximum absolute atomic E-state index is 12.6. The molecule has 0 aliphatic heterocycles. The number of nitrogens with zero attached hydrogens (tertiary/aromatic N) is 5. The van der Waals surface area contributed by atoms with E-state index in [1.807, 2.05) is 0 Å². The second-order valence-electron chi connectivity index (χ2n) is 3.59. The molecule has 0 amide bonds. The van der Waals surface area contributed by atoms with E-state index in [4.69, 9.17) is 12.2 Å². The molecule has 0 radical (unpaired) electrons. The molecule has 1 N–H and O–H groups in total. The fourth-order valence-corrected chi connectivity index (χ4v) is 1.61. The molecular formula is C9H10F2N6S. The SMILES string of the molecule is Cc1nn(C)cc1/C=N\n1c(C(F)F)n[nH]c1=S. The molecule has 96 valence electrons. The molecule has 0 spiro atoms. The average molecular weight is 272 g/mol. The van der Waals surface area contributed by atoms with Crippen LogP contribution in [0.3, 0.4) is 0 Å². The van der Waals surface area contributed by atoms with E-state index in [0.717, 1.165) is 15.9 Å². The van der Waals surface area contributed by atoms with Gasteiger partial charge in [0.2, 0.25) is 10.6 Å². The molecule has 2 rings (SSSR count). The minimum atomic E-state index is -2.75. The Balaban J connectivity index is 2.37. The summed E-state index contributed by atoms with van der Waals surface area (Å²) in [7, 11) is 1.76. The van der Waals surface area contributed by atoms with Crippen LogP contribution in [0, 0.1) is 11.7 Å². The molecule has 2 heterocycles. The molecule has 18 heavy (non-hydrogen) atoms. The predicted molar refractivity (Wildman–Crippen MR) is 63.3 cm³/mol. The van der Waals surface area contributed by atoms with Gasteiger partial charge in [-0.2, -0.15) is 20.0 Å². The monoisotopic (exact) mass is 272 g/mol. The second kappa shape index (κ2) is 4.77. The van der Waals surface area contributed by atoms with Gasteiger partial charge in [0.05, 0.1) is 11.9 Å². The van der Waals surface area contributed by atoms with Crippen molar-refractivity contribution in [2.24, 2.45) is 12.1 Å². The van der Waals surface area contributed by atoms with Gasteiger partial charge in [0.15, 0.2) is 0 Å². The number of alkyl halides is 2. The summed E-state index contributed by atoms with van der Waals surface area (Å²) < 4.78 is 27.7. The molecule has 0 aromatic carbocycles. The van der Waals surface area contributed by atoms with Crippen LogP contribution in [-0.4, -0.2) is 30.9 Å². The Morgan fingerprint density at radius 3 is 2.83 bits per heavy atom. The minimum absolute atomic E-state index is 0.0168. The first-order valence-electron chi connectivity index (χ1n) is 4.99. The number of rotatable bonds is 3. The highest BCUT2D eigenvalue weighted by molar-refractivity contribution is 7.71. The minimum Gasteiger partial charge on any atom is -0.275 e. The highest BCUT2D eigenvalue weighted by Crippen LogP contribution is 2.16. The molecule has 0 atom stereocenters. The van der Waals surface area contributed by atoms with E-state index in [2.05, 4.69) is 20.4 Å². The number of nitrogens with one attached hydrogen (secondary N) is 1. The normalized spacial score (nSPS) is 11.8. The van der Waals surface area contributed by atoms with Gasteiger partial charge in [0, 0.05) is 18.8 Å². The summed E-state index contributed by atoms with van der Waals surface area (Å²) in [4.78, 5) is 0. The van der Waals surface area contributed by atoms with Crippen LogP contribution in [0.2, 0.25) is 0 Å². The standard InChI is InChI=1S/C9H10F2N6S/c1-5-6(4-16(2)15-5)3-12-17-8(7(10)11)13-14-9(17)18/h3-4,7H,1-2H3,(H,14,18)/b12-3-. The van der Waals surface area contributed by atoms with Gasteiger partial charge >= 0.3 is 0 Å². The van der Waals surface area contributed by atoms with Gasteiger partial charge in [-0.05, 0) is 19.1 Å². The van der Waals surface area contributed by atoms with Crippen molar-refractivity contribution in [3.63, 3.8) is 0 Å². The van der Waals surface area contributed by atoms with Crippen molar-refractivity contribution in [1.82, 2.24) is 24.7 Å². The van der Waals surface area contributed by atoms with Crippen LogP contribution >= 0.6 is 12.2 Å². The van der Waals surface area contributed by atoms with Gasteiger partial charge in [-0.3, -0.25) is 4.68 Å². The van der Waals surface area contributed by atoms with Crippen molar-refractivity contribution < 1.29 is 8.78 Å². The summed E-state index contributed by atoms with van der Waals surface area (Å²) in [6.07, 6.45) is 0.398. The van der Waals surface area contributed by atoms with E-state index in [1.54, 1.807) is 24.9 Å². The first kappa shape index (κ1) is 12.6. The van der Waals surface area contributed by atoms with E-state index in [0.29, 0.717) is 0 Å². The molecule has 0 unspecified atom stereocenters. The lowest BCUT2D eigenvalue weighted by molar-refractivity contribution is 0.136. The number of aryl methyl sites for hydroxylation is 2. The average Bonchev–Trinajstić information content (AvgIpc) is 2.79. The molecule has 2 aromatic rings. The third-order valence-corrected chi connectivity index (χ3v) is 2.50. The Morgan fingerprint density at radius 2 is 2.28 bits per heavy atom. The molecule has 6 nitrogen and oxygen atoms in total. The zero-order valence-corrected chi connectivity index (χ0v) is 10.4. The largest absolute Gasteiger partial charge is 0.299 e. The number of hydrogen-bond acceptors (Lipinski definition) is 4. The van der Waals surface area contributed by atoms with Crippen LogP contribution in [0.5, 0.6) is 0 Å². The maximum atomic E-state index is 12.6. The number of hydrogen-bond donors (Lipinski definition) is 1. The Hall–Kier alpha value is -1.90. The lowest BCUT2D eigenvalue weighted by atomic mass is 10.3. The molecule has 0 fully saturated rings. The topological polar surface area (TPSA) is 63.8 Å². The highest BCUT2D eigenvalue weighted by atomic mass is 32.1. The molecule has 0 saturated heterocycles. The van der Waals surface area contributed by atoms with Crippen LogP contribution in [-0.2, 0) is 7.05 Å². The van der Waals surface area contributed by atoms with Gasteiger partial charge in [-0.25, -0.2) is 13.9 Å². The summed E-state index contributed by atoms with van der Waals surface area (Å²) in [5.74, 6) is -0.516. The van der Waals surface area contributed by atoms with Crippen molar-refractivity contribution in [3.8, 4) is 0 Å². The van der Waals surface area contributed by atoms with Crippen LogP contribution < -0.4 is 0 Å². The van der Waals surface area contributed by atoms with Crippen molar-refractivity contribution >= 4 is 18.4 Å². The molecular weight excluding hydrogens is 262 g/mol. The van der Waals surface area contributed by atoms with Gasteiger partial charge in [-0.15, -0.1) is 0 Å². The predicted octanol–water partition coefficient (Wildman–Crippen LogP) is 1.80. The Morgan fingerprint density at radius 1 is 1.56 bits per heavy atom. The van der Waals surface area contributed by atoms with Crippen LogP contribution in [0.1, 0.15) is 23.5 Å². The quantitative estimate of drug-likeness (QED) is 0.684. The summed E-state index contributed by atoms with van der Waals surface area (Å²) in [6.45, 7) is 1.80. The van der Waals surface area contributed by atoms with Crippen LogP contribution in [0.15, 0.2) is 11.3 Å². The van der Waals surface area contributed by atoms with Crippen molar-refractivity contribution in [1.29, 1.82) is 0 Å². The second-order valence-corrected chi connectivity index (χ2v) is 3.97. The Labute approximate surface area is 106 Å². The van der Waals surface area contributed by atoms with Crippen LogP contribution in [0.25, 0.3) is 0 Å². The Kier molecular flexibility index (Phi) is 3.32. The zero-order valence-electron chi connectivity index (χ0n) is 9.63. The molecule has 0 aliphatic carbocycles. The molecule has 0 aliphatic rings. The van der Waals surface area contributed by atoms with Crippen molar-refractivity contribution in [3.05, 3.63) is 28.0 Å². The number of halogens is 2. The van der Waals surface area contributed by atoms with E-state index in [-0.39, 0.29) is 4.77 Å². The van der Waals surface area contributed by atoms with Gasteiger partial charge in [0.25, 0.3) is 6.43 Å². The molecule has 0 saturated carbocycles. The third kappa shape index (κ3) is 2.35. The summed E-state index contributed by atoms with van der Waals surface area (Å²) in [5, 5.41) is 13.7. The number of H-pyrrole nitrogens is 1. The number of aromatic nitrogens is 5. The lowest BCUT2D eigenvalue weighted by Gasteiger charge is -1.97. The lowest BCUT2D eigenvalue weighted by Crippen LogP contribution is -1.99. The highest BCUT2D eigenvalue weighted by Gasteiger charge is 2.16. The van der Waals surface area contributed by atoms with E-state index in [9.17, 15) is 8.78 Å². The fraction of sp³-hybridized carbons (Fsp3) is 0.333. The summed E-state index contributed by atoms with van der Waals surface area (Å²) in [6, 6.07) is 0. The molecule has 2 aromatic heterocycles. The van der Waals surface area contributed by atoms with Crippen molar-refractivity contribution in [2.45, 2.75) is 13.3 Å². The molecule has 9 heteroatoms. The Bertz CT molecular complexity index is 638. The van der Waals surface area contributed by atoms with E-state index < -0.39 is 12.2 Å². The van der Waals surface area contributed by atoms with Gasteiger partial charge in [-0.1, -0.05) is 0 Å². The van der Waals surface area contributed by atoms with E-state index >= 15 is 0 Å². The first-order valence-corrected chi connectivity index (χ1v) is 5.40. The first-order chi connectivity index (χ1) is 8.49. The maximum Gasteiger partial charge on any atom is 0.299 e. The summed E-state index contributed by atoms with van der Waals surface area (Å²) in [5.41, 5.74) is 1.47. The third-order valence-electron chi connectivity index (χ3n) is 2.23. The van der Waals surface area contributed by atoms with Gasteiger partial charge < -0.3 is 0 Å². The van der Waals surface area contributed by atoms with Gasteiger partial charge in [0.1, 0.15) is 0 Å². The van der Waals surface area contributed by atoms with Crippen molar-refractivity contribution in [2.75, 3.05) is 0 Å². The van der Waals surface area contributed by atoms with Crippen LogP contribution in [0.4, 0.5) is 8.78 Å². The van der Waals surface area contributed by atoms with E-state index in [1.165, 1.54) is 6.21 Å². The fourth-order valence-electron chi connectivity index (χ4n) is 1.42. The molecule has 0 bridgehead atoms.